The zero-order chi connectivity index (χ0) is 23.2. The number of para-hydroxylation sites is 1. The van der Waals surface area contributed by atoms with E-state index in [1.807, 2.05) is 61.5 Å². The fourth-order valence-electron chi connectivity index (χ4n) is 3.48. The number of nitrogens with one attached hydrogen (secondary N) is 1. The summed E-state index contributed by atoms with van der Waals surface area (Å²) < 4.78 is 16.4. The number of carbonyl (C=O) groups is 1. The van der Waals surface area contributed by atoms with Crippen LogP contribution in [0.2, 0.25) is 0 Å². The zero-order valence-electron chi connectivity index (χ0n) is 18.8. The highest BCUT2D eigenvalue weighted by Gasteiger charge is 2.21. The number of fused-ring (bicyclic) bond motifs is 1. The monoisotopic (exact) mass is 463 g/mol. The molecule has 0 saturated carbocycles. The van der Waals surface area contributed by atoms with Crippen molar-refractivity contribution >= 4 is 27.5 Å². The van der Waals surface area contributed by atoms with Crippen LogP contribution in [0.4, 0.5) is 0 Å². The second-order valence-corrected chi connectivity index (χ2v) is 8.42. The molecule has 8 heteroatoms. The molecule has 0 aliphatic carbocycles. The van der Waals surface area contributed by atoms with Crippen molar-refractivity contribution < 1.29 is 19.0 Å². The summed E-state index contributed by atoms with van der Waals surface area (Å²) in [5, 5.41) is 3.77. The molecule has 4 rings (SSSR count). The number of amides is 1. The molecule has 0 aliphatic rings. The number of aromatic nitrogens is 2. The molecule has 0 unspecified atom stereocenters. The molecule has 0 atom stereocenters. The second-order valence-electron chi connectivity index (χ2n) is 7.42. The van der Waals surface area contributed by atoms with Gasteiger partial charge in [-0.15, -0.1) is 11.3 Å². The number of nitrogens with zero attached hydrogens (tertiary/aromatic N) is 2. The van der Waals surface area contributed by atoms with Crippen LogP contribution in [0.25, 0.3) is 10.2 Å². The molecule has 2 heterocycles. The number of ether oxygens (including phenoxy) is 3. The number of thiophene rings is 1. The van der Waals surface area contributed by atoms with Gasteiger partial charge in [0.2, 0.25) is 5.88 Å². The summed E-state index contributed by atoms with van der Waals surface area (Å²) in [5.74, 6) is 1.64. The number of benzene rings is 2. The third-order valence-electron chi connectivity index (χ3n) is 5.07. The molecule has 1 amide bonds. The highest BCUT2D eigenvalue weighted by atomic mass is 32.1. The van der Waals surface area contributed by atoms with Crippen LogP contribution >= 0.6 is 11.3 Å². The van der Waals surface area contributed by atoms with Gasteiger partial charge in [-0.1, -0.05) is 42.5 Å². The molecule has 33 heavy (non-hydrogen) atoms. The van der Waals surface area contributed by atoms with Crippen molar-refractivity contribution in [2.24, 2.45) is 0 Å². The summed E-state index contributed by atoms with van der Waals surface area (Å²) in [5.41, 5.74) is 2.84. The number of hydrogen-bond acceptors (Lipinski definition) is 7. The van der Waals surface area contributed by atoms with Crippen molar-refractivity contribution in [3.63, 3.8) is 0 Å². The summed E-state index contributed by atoms with van der Waals surface area (Å²) in [6.45, 7) is 3.03. The molecule has 0 spiro atoms. The Kier molecular flexibility index (Phi) is 7.16. The maximum atomic E-state index is 13.0. The lowest BCUT2D eigenvalue weighted by atomic mass is 10.1. The molecule has 0 bridgehead atoms. The third kappa shape index (κ3) is 5.30. The van der Waals surface area contributed by atoms with Gasteiger partial charge in [-0.3, -0.25) is 4.79 Å². The minimum absolute atomic E-state index is 0.156. The van der Waals surface area contributed by atoms with E-state index in [4.69, 9.17) is 14.2 Å². The predicted octanol–water partition coefficient (Wildman–Crippen LogP) is 4.66. The van der Waals surface area contributed by atoms with E-state index in [0.717, 1.165) is 27.8 Å². The number of methoxy groups -OCH3 is 2. The van der Waals surface area contributed by atoms with E-state index >= 15 is 0 Å². The highest BCUT2D eigenvalue weighted by Crippen LogP contribution is 2.35. The number of hydrogen-bond donors (Lipinski definition) is 1. The van der Waals surface area contributed by atoms with Crippen LogP contribution < -0.4 is 14.8 Å². The Labute approximate surface area is 196 Å². The van der Waals surface area contributed by atoms with E-state index in [0.29, 0.717) is 34.6 Å². The lowest BCUT2D eigenvalue weighted by Crippen LogP contribution is -2.22. The molecule has 7 nitrogen and oxygen atoms in total. The average molecular weight is 464 g/mol. The molecule has 2 aromatic heterocycles. The summed E-state index contributed by atoms with van der Waals surface area (Å²) in [4.78, 5) is 23.2. The Balaban J connectivity index is 1.46. The van der Waals surface area contributed by atoms with Gasteiger partial charge >= 0.3 is 0 Å². The van der Waals surface area contributed by atoms with Crippen LogP contribution in [0.3, 0.4) is 0 Å². The first kappa shape index (κ1) is 22.7. The van der Waals surface area contributed by atoms with E-state index in [-0.39, 0.29) is 12.5 Å². The second kappa shape index (κ2) is 10.4. The first-order valence-electron chi connectivity index (χ1n) is 10.5. The van der Waals surface area contributed by atoms with E-state index in [2.05, 4.69) is 15.3 Å². The largest absolute Gasteiger partial charge is 0.489 e. The maximum Gasteiger partial charge on any atom is 0.261 e. The van der Waals surface area contributed by atoms with Crippen LogP contribution in [-0.2, 0) is 24.5 Å². The summed E-state index contributed by atoms with van der Waals surface area (Å²) in [7, 11) is 3.14. The number of aryl methyl sites for hydroxylation is 1. The Morgan fingerprint density at radius 1 is 1.00 bits per heavy atom. The van der Waals surface area contributed by atoms with Crippen LogP contribution in [0, 0.1) is 6.92 Å². The smallest absolute Gasteiger partial charge is 0.261 e. The molecule has 0 aliphatic heterocycles. The van der Waals surface area contributed by atoms with Gasteiger partial charge < -0.3 is 19.5 Å². The lowest BCUT2D eigenvalue weighted by Gasteiger charge is -2.09. The van der Waals surface area contributed by atoms with Crippen molar-refractivity contribution in [2.45, 2.75) is 26.7 Å². The van der Waals surface area contributed by atoms with Gasteiger partial charge in [0, 0.05) is 13.7 Å². The minimum atomic E-state index is -0.156. The maximum absolute atomic E-state index is 13.0. The van der Waals surface area contributed by atoms with Gasteiger partial charge in [0.25, 0.3) is 5.91 Å². The van der Waals surface area contributed by atoms with Crippen LogP contribution in [-0.4, -0.2) is 30.1 Å². The van der Waals surface area contributed by atoms with E-state index in [1.165, 1.54) is 11.3 Å². The van der Waals surface area contributed by atoms with Crippen LogP contribution in [0.1, 0.15) is 32.2 Å². The number of rotatable bonds is 9. The lowest BCUT2D eigenvalue weighted by molar-refractivity contribution is 0.0954. The molecular weight excluding hydrogens is 438 g/mol. The molecule has 2 aromatic carbocycles. The van der Waals surface area contributed by atoms with Gasteiger partial charge in [-0.2, -0.15) is 4.98 Å². The average Bonchev–Trinajstić information content (AvgIpc) is 3.18. The fourth-order valence-corrected chi connectivity index (χ4v) is 4.58. The van der Waals surface area contributed by atoms with Crippen LogP contribution in [0.15, 0.2) is 54.6 Å². The van der Waals surface area contributed by atoms with Crippen molar-refractivity contribution in [2.75, 3.05) is 14.2 Å². The van der Waals surface area contributed by atoms with Crippen molar-refractivity contribution in [1.29, 1.82) is 0 Å². The van der Waals surface area contributed by atoms with Gasteiger partial charge in [-0.25, -0.2) is 4.98 Å². The summed E-state index contributed by atoms with van der Waals surface area (Å²) in [6.07, 6.45) is 0. The van der Waals surface area contributed by atoms with Gasteiger partial charge in [-0.05, 0) is 35.7 Å². The highest BCUT2D eigenvalue weighted by molar-refractivity contribution is 7.20. The van der Waals surface area contributed by atoms with Crippen molar-refractivity contribution in [3.8, 4) is 11.6 Å². The molecule has 170 valence electrons. The SMILES string of the molecule is COCc1nc(OC)c2c(C)c(C(=O)NCc3cccc(COc4ccccc4)c3)sc2n1. The Morgan fingerprint density at radius 3 is 2.55 bits per heavy atom. The first-order chi connectivity index (χ1) is 16.1. The van der Waals surface area contributed by atoms with Crippen molar-refractivity contribution in [1.82, 2.24) is 15.3 Å². The predicted molar refractivity (Wildman–Crippen MR) is 128 cm³/mol. The number of carbonyl (C=O) groups excluding carboxylic acids is 1. The molecular formula is C25H25N3O4S. The Hall–Kier alpha value is -3.49. The van der Waals surface area contributed by atoms with E-state index in [9.17, 15) is 4.79 Å². The quantitative estimate of drug-likeness (QED) is 0.389. The fraction of sp³-hybridized carbons (Fsp3) is 0.240. The summed E-state index contributed by atoms with van der Waals surface area (Å²) in [6, 6.07) is 17.7. The summed E-state index contributed by atoms with van der Waals surface area (Å²) >= 11 is 1.33. The van der Waals surface area contributed by atoms with E-state index < -0.39 is 0 Å². The third-order valence-corrected chi connectivity index (χ3v) is 6.25. The van der Waals surface area contributed by atoms with Gasteiger partial charge in [0.1, 0.15) is 23.8 Å². The minimum Gasteiger partial charge on any atom is -0.489 e. The van der Waals surface area contributed by atoms with Crippen molar-refractivity contribution in [3.05, 3.63) is 82.0 Å². The molecule has 1 N–H and O–H groups in total. The Bertz CT molecular complexity index is 1260. The Morgan fingerprint density at radius 2 is 1.79 bits per heavy atom. The first-order valence-corrected chi connectivity index (χ1v) is 11.3. The zero-order valence-corrected chi connectivity index (χ0v) is 19.6. The van der Waals surface area contributed by atoms with Gasteiger partial charge in [0.05, 0.1) is 17.4 Å². The van der Waals surface area contributed by atoms with Crippen LogP contribution in [0.5, 0.6) is 11.6 Å². The molecule has 4 aromatic rings. The molecule has 0 fully saturated rings. The molecule has 0 radical (unpaired) electrons. The van der Waals surface area contributed by atoms with E-state index in [1.54, 1.807) is 14.2 Å². The standard InChI is InChI=1S/C25H25N3O4S/c1-16-21-24(31-3)27-20(15-30-2)28-25(21)33-22(16)23(29)26-13-17-8-7-9-18(12-17)14-32-19-10-5-4-6-11-19/h4-12H,13-15H2,1-3H3,(H,26,29). The van der Waals surface area contributed by atoms with Gasteiger partial charge in [0.15, 0.2) is 5.82 Å². The topological polar surface area (TPSA) is 82.6 Å². The molecule has 0 saturated heterocycles. The normalized spacial score (nSPS) is 10.9.